The number of ketones is 1. The van der Waals surface area contributed by atoms with Gasteiger partial charge >= 0.3 is 0 Å². The van der Waals surface area contributed by atoms with E-state index in [-0.39, 0.29) is 17.4 Å². The number of amides is 1. The van der Waals surface area contributed by atoms with Gasteiger partial charge in [-0.2, -0.15) is 0 Å². The highest BCUT2D eigenvalue weighted by Crippen LogP contribution is 2.11. The number of aromatic hydroxyl groups is 1. The molecule has 1 aromatic rings. The largest absolute Gasteiger partial charge is 0.508 e. The summed E-state index contributed by atoms with van der Waals surface area (Å²) in [7, 11) is 0. The van der Waals surface area contributed by atoms with Crippen LogP contribution in [0.1, 0.15) is 17.3 Å². The Hall–Kier alpha value is -2.30. The lowest BCUT2D eigenvalue weighted by molar-refractivity contribution is -0.130. The van der Waals surface area contributed by atoms with Crippen LogP contribution in [0, 0.1) is 0 Å². The van der Waals surface area contributed by atoms with E-state index in [2.05, 4.69) is 0 Å². The minimum Gasteiger partial charge on any atom is -0.508 e. The summed E-state index contributed by atoms with van der Waals surface area (Å²) in [4.78, 5) is 26.9. The fraction of sp³-hybridized carbons (Fsp3) is 0.333. The van der Waals surface area contributed by atoms with E-state index < -0.39 is 0 Å². The van der Waals surface area contributed by atoms with E-state index >= 15 is 0 Å². The van der Waals surface area contributed by atoms with Gasteiger partial charge in [-0.25, -0.2) is 0 Å². The minimum atomic E-state index is -0.0982. The Labute approximate surface area is 118 Å². The van der Waals surface area contributed by atoms with Crippen LogP contribution in [0.5, 0.6) is 5.75 Å². The first kappa shape index (κ1) is 14.1. The average molecular weight is 274 g/mol. The van der Waals surface area contributed by atoms with Gasteiger partial charge in [0.15, 0.2) is 5.78 Å². The number of benzene rings is 1. The summed E-state index contributed by atoms with van der Waals surface area (Å²) >= 11 is 0. The summed E-state index contributed by atoms with van der Waals surface area (Å²) < 4.78 is 0. The van der Waals surface area contributed by atoms with Crippen molar-refractivity contribution in [3.8, 4) is 5.75 Å². The molecule has 5 nitrogen and oxygen atoms in total. The van der Waals surface area contributed by atoms with Crippen LogP contribution in [0.2, 0.25) is 0 Å². The van der Waals surface area contributed by atoms with E-state index in [9.17, 15) is 14.7 Å². The van der Waals surface area contributed by atoms with E-state index in [1.165, 1.54) is 18.2 Å². The first-order valence-electron chi connectivity index (χ1n) is 6.57. The van der Waals surface area contributed by atoms with E-state index in [1.54, 1.807) is 30.2 Å². The molecule has 1 N–H and O–H groups in total. The van der Waals surface area contributed by atoms with Gasteiger partial charge in [-0.15, -0.1) is 0 Å². The molecule has 0 aliphatic carbocycles. The monoisotopic (exact) mass is 274 g/mol. The molecule has 0 unspecified atom stereocenters. The van der Waals surface area contributed by atoms with E-state index in [0.717, 1.165) is 13.1 Å². The third-order valence-electron chi connectivity index (χ3n) is 3.35. The quantitative estimate of drug-likeness (QED) is 0.665. The summed E-state index contributed by atoms with van der Waals surface area (Å²) in [5, 5.41) is 9.17. The highest BCUT2D eigenvalue weighted by atomic mass is 16.3. The molecule has 0 spiro atoms. The van der Waals surface area contributed by atoms with Crippen LogP contribution in [0.3, 0.4) is 0 Å². The predicted octanol–water partition coefficient (Wildman–Crippen LogP) is 1.25. The number of carbonyl (C=O) groups excluding carboxylic acids is 2. The van der Waals surface area contributed by atoms with Gasteiger partial charge < -0.3 is 14.9 Å². The van der Waals surface area contributed by atoms with Crippen LogP contribution >= 0.6 is 0 Å². The molecular weight excluding hydrogens is 256 g/mol. The smallest absolute Gasteiger partial charge is 0.219 e. The highest BCUT2D eigenvalue weighted by molar-refractivity contribution is 6.04. The number of allylic oxidation sites excluding steroid dienone is 1. The second-order valence-electron chi connectivity index (χ2n) is 4.77. The fourth-order valence-electron chi connectivity index (χ4n) is 2.08. The van der Waals surface area contributed by atoms with Gasteiger partial charge in [0.1, 0.15) is 5.75 Å². The first-order chi connectivity index (χ1) is 9.56. The molecule has 0 radical (unpaired) electrons. The van der Waals surface area contributed by atoms with Crippen LogP contribution in [0.15, 0.2) is 36.5 Å². The van der Waals surface area contributed by atoms with Crippen molar-refractivity contribution in [1.82, 2.24) is 9.80 Å². The molecular formula is C15H18N2O3. The Morgan fingerprint density at radius 1 is 1.10 bits per heavy atom. The molecule has 2 rings (SSSR count). The maximum atomic E-state index is 11.9. The van der Waals surface area contributed by atoms with Crippen molar-refractivity contribution in [2.75, 3.05) is 26.2 Å². The molecule has 0 atom stereocenters. The molecule has 1 amide bonds. The van der Waals surface area contributed by atoms with Crippen molar-refractivity contribution in [1.29, 1.82) is 0 Å². The Balaban J connectivity index is 1.89. The highest BCUT2D eigenvalue weighted by Gasteiger charge is 2.16. The van der Waals surface area contributed by atoms with Crippen molar-refractivity contribution in [3.05, 3.63) is 42.1 Å². The zero-order chi connectivity index (χ0) is 14.5. The van der Waals surface area contributed by atoms with E-state index in [1.807, 2.05) is 4.90 Å². The first-order valence-corrected chi connectivity index (χ1v) is 6.57. The third-order valence-corrected chi connectivity index (χ3v) is 3.35. The summed E-state index contributed by atoms with van der Waals surface area (Å²) in [6.07, 6.45) is 3.29. The van der Waals surface area contributed by atoms with Crippen molar-refractivity contribution >= 4 is 11.7 Å². The maximum absolute atomic E-state index is 11.9. The molecule has 0 saturated carbocycles. The van der Waals surface area contributed by atoms with E-state index in [4.69, 9.17) is 0 Å². The molecule has 1 aliphatic heterocycles. The molecule has 5 heteroatoms. The van der Waals surface area contributed by atoms with Gasteiger partial charge in [-0.3, -0.25) is 9.59 Å². The number of rotatable bonds is 3. The summed E-state index contributed by atoms with van der Waals surface area (Å²) in [6.45, 7) is 4.41. The number of carbonyl (C=O) groups is 2. The standard InChI is InChI=1S/C15H18N2O3/c1-12(18)17-10-8-16(9-11-17)7-6-15(20)13-2-4-14(19)5-3-13/h2-7,19H,8-11H2,1H3/b7-6+. The van der Waals surface area contributed by atoms with Gasteiger partial charge in [-0.05, 0) is 24.3 Å². The molecule has 0 aromatic heterocycles. The molecule has 1 saturated heterocycles. The average Bonchev–Trinajstić information content (AvgIpc) is 2.46. The summed E-state index contributed by atoms with van der Waals surface area (Å²) in [5.41, 5.74) is 0.543. The molecule has 1 fully saturated rings. The lowest BCUT2D eigenvalue weighted by atomic mass is 10.1. The Morgan fingerprint density at radius 2 is 1.70 bits per heavy atom. The normalized spacial score (nSPS) is 15.7. The van der Waals surface area contributed by atoms with Crippen LogP contribution in [-0.2, 0) is 4.79 Å². The molecule has 1 heterocycles. The summed E-state index contributed by atoms with van der Waals surface area (Å²) in [6, 6.07) is 6.17. The Kier molecular flexibility index (Phi) is 4.40. The number of hydrogen-bond donors (Lipinski definition) is 1. The van der Waals surface area contributed by atoms with Gasteiger partial charge in [0.05, 0.1) is 0 Å². The Morgan fingerprint density at radius 3 is 2.25 bits per heavy atom. The van der Waals surface area contributed by atoms with Gasteiger partial charge in [0.25, 0.3) is 0 Å². The number of nitrogens with zero attached hydrogens (tertiary/aromatic N) is 2. The Bertz CT molecular complexity index is 514. The zero-order valence-electron chi connectivity index (χ0n) is 11.5. The predicted molar refractivity (Wildman–Crippen MR) is 75.4 cm³/mol. The number of phenols is 1. The topological polar surface area (TPSA) is 60.9 Å². The molecule has 1 aromatic carbocycles. The van der Waals surface area contributed by atoms with Crippen LogP contribution < -0.4 is 0 Å². The number of phenolic OH excluding ortho intramolecular Hbond substituents is 1. The molecule has 0 bridgehead atoms. The maximum Gasteiger partial charge on any atom is 0.219 e. The molecule has 1 aliphatic rings. The van der Waals surface area contributed by atoms with Crippen molar-refractivity contribution in [2.24, 2.45) is 0 Å². The molecule has 20 heavy (non-hydrogen) atoms. The van der Waals surface area contributed by atoms with Crippen molar-refractivity contribution in [2.45, 2.75) is 6.92 Å². The van der Waals surface area contributed by atoms with Crippen LogP contribution in [0.25, 0.3) is 0 Å². The lowest BCUT2D eigenvalue weighted by Gasteiger charge is -2.33. The van der Waals surface area contributed by atoms with Gasteiger partial charge in [0.2, 0.25) is 5.91 Å². The van der Waals surface area contributed by atoms with Crippen molar-refractivity contribution < 1.29 is 14.7 Å². The fourth-order valence-corrected chi connectivity index (χ4v) is 2.08. The van der Waals surface area contributed by atoms with Gasteiger partial charge in [-0.1, -0.05) is 0 Å². The van der Waals surface area contributed by atoms with Gasteiger partial charge in [0, 0.05) is 50.9 Å². The summed E-state index contributed by atoms with van der Waals surface area (Å²) in [5.74, 6) is 0.138. The van der Waals surface area contributed by atoms with Crippen LogP contribution in [0.4, 0.5) is 0 Å². The number of hydrogen-bond acceptors (Lipinski definition) is 4. The second kappa shape index (κ2) is 6.23. The van der Waals surface area contributed by atoms with Crippen molar-refractivity contribution in [3.63, 3.8) is 0 Å². The third kappa shape index (κ3) is 3.60. The number of piperazine rings is 1. The van der Waals surface area contributed by atoms with E-state index in [0.29, 0.717) is 18.7 Å². The minimum absolute atomic E-state index is 0.0915. The zero-order valence-corrected chi connectivity index (χ0v) is 11.5. The molecule has 106 valence electrons. The second-order valence-corrected chi connectivity index (χ2v) is 4.77. The lowest BCUT2D eigenvalue weighted by Crippen LogP contribution is -2.45. The van der Waals surface area contributed by atoms with Crippen LogP contribution in [-0.4, -0.2) is 52.8 Å². The SMILES string of the molecule is CC(=O)N1CCN(/C=C/C(=O)c2ccc(O)cc2)CC1.